The minimum absolute atomic E-state index is 0.833. The molecule has 0 aliphatic rings. The van der Waals surface area contributed by atoms with Crippen LogP contribution in [0.5, 0.6) is 0 Å². The quantitative estimate of drug-likeness (QED) is 0.456. The van der Waals surface area contributed by atoms with Gasteiger partial charge in [0, 0.05) is 0 Å². The van der Waals surface area contributed by atoms with E-state index in [-0.39, 0.29) is 0 Å². The molecule has 1 aromatic rings. The topological polar surface area (TPSA) is 0 Å². The van der Waals surface area contributed by atoms with Gasteiger partial charge in [0.2, 0.25) is 0 Å². The summed E-state index contributed by atoms with van der Waals surface area (Å²) in [5.74, 6) is 0.833. The summed E-state index contributed by atoms with van der Waals surface area (Å²) in [6, 6.07) is 6.50. The lowest BCUT2D eigenvalue weighted by Gasteiger charge is -1.98. The van der Waals surface area contributed by atoms with Gasteiger partial charge in [0.15, 0.2) is 0 Å². The fourth-order valence-electron chi connectivity index (χ4n) is 0.891. The highest BCUT2D eigenvalue weighted by Crippen LogP contribution is 2.07. The molecule has 0 N–H and O–H groups in total. The summed E-state index contributed by atoms with van der Waals surface area (Å²) in [6.07, 6.45) is 1.25. The van der Waals surface area contributed by atoms with Crippen molar-refractivity contribution in [1.29, 1.82) is 0 Å². The monoisotopic (exact) mass is 282 g/mol. The van der Waals surface area contributed by atoms with Gasteiger partial charge in [0.25, 0.3) is 0 Å². The second kappa shape index (κ2) is 23.3. The first-order valence-electron chi connectivity index (χ1n) is 8.38. The molecule has 0 saturated heterocycles. The molecule has 20 heavy (non-hydrogen) atoms. The normalized spacial score (nSPS) is 7.65. The predicted octanol–water partition coefficient (Wildman–Crippen LogP) is 7.74. The standard InChI is InChI=1S/C9H12.C4H10.C3H8.2C2H6/c1-7-4-5-8(2)9(3)6-7;1-4(2)3;1-3-2;2*1-2/h4-6H,1-3H3;4H,1-3H3;3H2,1-2H3;2*1-2H3. The van der Waals surface area contributed by atoms with Crippen LogP contribution in [0.4, 0.5) is 0 Å². The molecule has 0 heteroatoms. The maximum Gasteiger partial charge on any atom is -0.0395 e. The molecular formula is C20H42. The van der Waals surface area contributed by atoms with Crippen LogP contribution in [-0.2, 0) is 0 Å². The van der Waals surface area contributed by atoms with Gasteiger partial charge in [0.1, 0.15) is 0 Å². The van der Waals surface area contributed by atoms with Crippen molar-refractivity contribution in [3.8, 4) is 0 Å². The van der Waals surface area contributed by atoms with Crippen LogP contribution >= 0.6 is 0 Å². The average molecular weight is 283 g/mol. The summed E-state index contributed by atoms with van der Waals surface area (Å²) in [7, 11) is 0. The predicted molar refractivity (Wildman–Crippen MR) is 99.8 cm³/mol. The van der Waals surface area contributed by atoms with Crippen LogP contribution in [-0.4, -0.2) is 0 Å². The molecule has 0 aliphatic carbocycles. The van der Waals surface area contributed by atoms with Crippen LogP contribution in [0.25, 0.3) is 0 Å². The first-order valence-corrected chi connectivity index (χ1v) is 8.38. The van der Waals surface area contributed by atoms with Crippen LogP contribution in [0.3, 0.4) is 0 Å². The zero-order chi connectivity index (χ0) is 17.1. The number of benzene rings is 1. The third-order valence-corrected chi connectivity index (χ3v) is 1.66. The van der Waals surface area contributed by atoms with E-state index in [2.05, 4.69) is 73.6 Å². The molecule has 0 spiro atoms. The van der Waals surface area contributed by atoms with Crippen molar-refractivity contribution in [2.45, 2.75) is 89.5 Å². The number of hydrogen-bond acceptors (Lipinski definition) is 0. The van der Waals surface area contributed by atoms with Crippen LogP contribution in [0, 0.1) is 26.7 Å². The van der Waals surface area contributed by atoms with E-state index in [4.69, 9.17) is 0 Å². The summed E-state index contributed by atoms with van der Waals surface area (Å²) in [4.78, 5) is 0. The van der Waals surface area contributed by atoms with Gasteiger partial charge in [-0.25, -0.2) is 0 Å². The van der Waals surface area contributed by atoms with E-state index in [0.717, 1.165) is 5.92 Å². The highest BCUT2D eigenvalue weighted by atomic mass is 13.9. The lowest BCUT2D eigenvalue weighted by atomic mass is 10.1. The van der Waals surface area contributed by atoms with Crippen LogP contribution in [0.15, 0.2) is 18.2 Å². The maximum absolute atomic E-state index is 2.20. The largest absolute Gasteiger partial charge is 0.0683 e. The van der Waals surface area contributed by atoms with E-state index in [0.29, 0.717) is 0 Å². The van der Waals surface area contributed by atoms with E-state index >= 15 is 0 Å². The number of rotatable bonds is 0. The van der Waals surface area contributed by atoms with E-state index in [1.54, 1.807) is 0 Å². The van der Waals surface area contributed by atoms with E-state index in [1.165, 1.54) is 23.1 Å². The lowest BCUT2D eigenvalue weighted by Crippen LogP contribution is -1.79. The fraction of sp³-hybridized carbons (Fsp3) is 0.700. The second-order valence-corrected chi connectivity index (χ2v) is 5.03. The SMILES string of the molecule is CC.CC.CC(C)C.CCC.Cc1ccc(C)c(C)c1. The van der Waals surface area contributed by atoms with Gasteiger partial charge in [-0.2, -0.15) is 0 Å². The van der Waals surface area contributed by atoms with Gasteiger partial charge in [-0.1, -0.05) is 92.5 Å². The average Bonchev–Trinajstić information content (AvgIpc) is 2.39. The van der Waals surface area contributed by atoms with Crippen molar-refractivity contribution in [3.05, 3.63) is 34.9 Å². The zero-order valence-corrected chi connectivity index (χ0v) is 16.5. The Morgan fingerprint density at radius 1 is 0.750 bits per heavy atom. The molecule has 122 valence electrons. The molecule has 0 unspecified atom stereocenters. The summed E-state index contributed by atoms with van der Waals surface area (Å²) in [5, 5.41) is 0. The third kappa shape index (κ3) is 30.3. The molecule has 0 aliphatic heterocycles. The van der Waals surface area contributed by atoms with Gasteiger partial charge in [-0.05, 0) is 37.8 Å². The second-order valence-electron chi connectivity index (χ2n) is 5.03. The molecule has 0 radical (unpaired) electrons. The number of hydrogen-bond donors (Lipinski definition) is 0. The van der Waals surface area contributed by atoms with Gasteiger partial charge in [-0.15, -0.1) is 0 Å². The minimum Gasteiger partial charge on any atom is -0.0683 e. The van der Waals surface area contributed by atoms with Gasteiger partial charge < -0.3 is 0 Å². The molecular weight excluding hydrogens is 240 g/mol. The molecule has 0 atom stereocenters. The Morgan fingerprint density at radius 2 is 1.05 bits per heavy atom. The molecule has 0 saturated carbocycles. The Balaban J connectivity index is -0.0000000988. The van der Waals surface area contributed by atoms with E-state index < -0.39 is 0 Å². The Hall–Kier alpha value is -0.780. The molecule has 1 rings (SSSR count). The smallest absolute Gasteiger partial charge is 0.0395 e. The maximum atomic E-state index is 2.20. The first kappa shape index (κ1) is 27.5. The summed E-state index contributed by atoms with van der Waals surface area (Å²) in [5.41, 5.74) is 4.11. The van der Waals surface area contributed by atoms with Crippen molar-refractivity contribution >= 4 is 0 Å². The highest BCUT2D eigenvalue weighted by Gasteiger charge is 1.89. The van der Waals surface area contributed by atoms with Gasteiger partial charge >= 0.3 is 0 Å². The van der Waals surface area contributed by atoms with Crippen molar-refractivity contribution in [2.24, 2.45) is 5.92 Å². The van der Waals surface area contributed by atoms with Crippen molar-refractivity contribution < 1.29 is 0 Å². The fourth-order valence-corrected chi connectivity index (χ4v) is 0.891. The summed E-state index contributed by atoms with van der Waals surface area (Å²) in [6.45, 7) is 25.1. The minimum atomic E-state index is 0.833. The van der Waals surface area contributed by atoms with Crippen molar-refractivity contribution in [3.63, 3.8) is 0 Å². The molecule has 0 fully saturated rings. The molecule has 0 bridgehead atoms. The number of aryl methyl sites for hydroxylation is 3. The van der Waals surface area contributed by atoms with Crippen LogP contribution in [0.2, 0.25) is 0 Å². The Labute approximate surface area is 131 Å². The Bertz CT molecular complexity index is 256. The third-order valence-electron chi connectivity index (χ3n) is 1.66. The Kier molecular flexibility index (Phi) is 32.1. The molecule has 0 aromatic heterocycles. The van der Waals surface area contributed by atoms with Gasteiger partial charge in [0.05, 0.1) is 0 Å². The van der Waals surface area contributed by atoms with Crippen LogP contribution < -0.4 is 0 Å². The zero-order valence-electron chi connectivity index (χ0n) is 16.5. The lowest BCUT2D eigenvalue weighted by molar-refractivity contribution is 0.737. The molecule has 0 heterocycles. The van der Waals surface area contributed by atoms with E-state index in [9.17, 15) is 0 Å². The van der Waals surface area contributed by atoms with E-state index in [1.807, 2.05) is 27.7 Å². The first-order chi connectivity index (χ1) is 9.34. The summed E-state index contributed by atoms with van der Waals surface area (Å²) >= 11 is 0. The van der Waals surface area contributed by atoms with Crippen molar-refractivity contribution in [1.82, 2.24) is 0 Å². The molecule has 1 aromatic carbocycles. The summed E-state index contributed by atoms with van der Waals surface area (Å²) < 4.78 is 0. The molecule has 0 nitrogen and oxygen atoms in total. The Morgan fingerprint density at radius 3 is 1.25 bits per heavy atom. The van der Waals surface area contributed by atoms with Crippen molar-refractivity contribution in [2.75, 3.05) is 0 Å². The van der Waals surface area contributed by atoms with Gasteiger partial charge in [-0.3, -0.25) is 0 Å². The highest BCUT2D eigenvalue weighted by molar-refractivity contribution is 5.28. The molecule has 0 amide bonds. The van der Waals surface area contributed by atoms with Crippen LogP contribution in [0.1, 0.15) is 85.4 Å².